The van der Waals surface area contributed by atoms with E-state index >= 15 is 0 Å². The van der Waals surface area contributed by atoms with Crippen molar-refractivity contribution in [3.05, 3.63) is 0 Å². The zero-order valence-electron chi connectivity index (χ0n) is 10.3. The number of carbonyl (C=O) groups excluding carboxylic acids is 1. The molecule has 0 rings (SSSR count). The predicted octanol–water partition coefficient (Wildman–Crippen LogP) is 0.787. The molecule has 3 N–H and O–H groups in total. The molecule has 0 saturated heterocycles. The molecule has 0 aromatic heterocycles. The van der Waals surface area contributed by atoms with Crippen LogP contribution < -0.4 is 11.1 Å². The number of aliphatic imine (C=N–C) groups is 1. The number of carbonyl (C=O) groups is 1. The summed E-state index contributed by atoms with van der Waals surface area (Å²) < 4.78 is 0. The Morgan fingerprint density at radius 2 is 2.06 bits per heavy atom. The maximum Gasteiger partial charge on any atom is 0.223 e. The van der Waals surface area contributed by atoms with E-state index in [4.69, 9.17) is 5.73 Å². The molecule has 0 aliphatic rings. The molecule has 0 spiro atoms. The first-order chi connectivity index (χ1) is 7.07. The van der Waals surface area contributed by atoms with Gasteiger partial charge in [0.25, 0.3) is 0 Å². The molecule has 1 amide bonds. The first-order valence-electron chi connectivity index (χ1n) is 5.31. The zero-order valence-corrected chi connectivity index (χ0v) is 12.7. The minimum atomic E-state index is 0. The van der Waals surface area contributed by atoms with Gasteiger partial charge in [0.2, 0.25) is 5.91 Å². The monoisotopic (exact) mass is 342 g/mol. The van der Waals surface area contributed by atoms with Crippen LogP contribution >= 0.6 is 24.0 Å². The fraction of sp³-hybridized carbons (Fsp3) is 0.800. The van der Waals surface area contributed by atoms with Gasteiger partial charge in [-0.15, -0.1) is 24.0 Å². The van der Waals surface area contributed by atoms with E-state index in [0.29, 0.717) is 18.9 Å². The van der Waals surface area contributed by atoms with Gasteiger partial charge in [-0.25, -0.2) is 0 Å². The Morgan fingerprint density at radius 1 is 1.44 bits per heavy atom. The van der Waals surface area contributed by atoms with Crippen LogP contribution in [0, 0.1) is 0 Å². The zero-order chi connectivity index (χ0) is 11.7. The summed E-state index contributed by atoms with van der Waals surface area (Å²) in [5.74, 6) is 0.513. The summed E-state index contributed by atoms with van der Waals surface area (Å²) in [4.78, 5) is 16.9. The average Bonchev–Trinajstić information content (AvgIpc) is 2.18. The van der Waals surface area contributed by atoms with Crippen LogP contribution in [-0.4, -0.2) is 44.0 Å². The van der Waals surface area contributed by atoms with Gasteiger partial charge in [-0.3, -0.25) is 9.79 Å². The number of nitrogens with two attached hydrogens (primary N) is 1. The molecule has 0 saturated carbocycles. The number of nitrogens with zero attached hydrogens (tertiary/aromatic N) is 2. The molecule has 0 aliphatic heterocycles. The van der Waals surface area contributed by atoms with Crippen LogP contribution in [0.15, 0.2) is 4.99 Å². The Kier molecular flexibility index (Phi) is 12.2. The third-order valence-electron chi connectivity index (χ3n) is 1.94. The number of unbranched alkanes of at least 4 members (excludes halogenated alkanes) is 1. The lowest BCUT2D eigenvalue weighted by Gasteiger charge is -2.10. The Morgan fingerprint density at radius 3 is 2.56 bits per heavy atom. The third kappa shape index (κ3) is 10.0. The third-order valence-corrected chi connectivity index (χ3v) is 1.94. The molecule has 0 bridgehead atoms. The number of guanidine groups is 1. The molecule has 0 radical (unpaired) electrons. The summed E-state index contributed by atoms with van der Waals surface area (Å²) in [6.45, 7) is 3.39. The number of hydrogen-bond acceptors (Lipinski definition) is 2. The fourth-order valence-corrected chi connectivity index (χ4v) is 0.935. The van der Waals surface area contributed by atoms with E-state index in [-0.39, 0.29) is 29.9 Å². The summed E-state index contributed by atoms with van der Waals surface area (Å²) in [5.41, 5.74) is 5.59. The minimum absolute atomic E-state index is 0. The van der Waals surface area contributed by atoms with E-state index in [1.165, 1.54) is 0 Å². The van der Waals surface area contributed by atoms with Crippen molar-refractivity contribution in [1.29, 1.82) is 0 Å². The number of amides is 1. The summed E-state index contributed by atoms with van der Waals surface area (Å²) >= 11 is 0. The Labute approximate surface area is 115 Å². The summed E-state index contributed by atoms with van der Waals surface area (Å²) in [6, 6.07) is 0. The standard InChI is InChI=1S/C10H22N4O.HI/c1-4-5-7-12-10(11)13-8-6-9(15)14(2)3;/h4-8H2,1-3H3,(H3,11,12,13);1H. The highest BCUT2D eigenvalue weighted by Gasteiger charge is 2.02. The van der Waals surface area contributed by atoms with Crippen molar-refractivity contribution in [2.45, 2.75) is 26.2 Å². The van der Waals surface area contributed by atoms with Crippen LogP contribution in [0.1, 0.15) is 26.2 Å². The van der Waals surface area contributed by atoms with Crippen LogP contribution in [0.4, 0.5) is 0 Å². The quantitative estimate of drug-likeness (QED) is 0.324. The molecule has 0 aromatic rings. The van der Waals surface area contributed by atoms with Crippen molar-refractivity contribution in [2.75, 3.05) is 27.2 Å². The van der Waals surface area contributed by atoms with E-state index in [1.807, 2.05) is 0 Å². The maximum atomic E-state index is 11.2. The highest BCUT2D eigenvalue weighted by molar-refractivity contribution is 14.0. The van der Waals surface area contributed by atoms with Gasteiger partial charge in [0.1, 0.15) is 0 Å². The second-order valence-electron chi connectivity index (χ2n) is 3.59. The second-order valence-corrected chi connectivity index (χ2v) is 3.59. The van der Waals surface area contributed by atoms with Crippen LogP contribution in [0.3, 0.4) is 0 Å². The molecule has 0 aromatic carbocycles. The topological polar surface area (TPSA) is 70.7 Å². The SMILES string of the molecule is CCCCN=C(N)NCCC(=O)N(C)C.I. The Hall–Kier alpha value is -0.530. The van der Waals surface area contributed by atoms with Crippen molar-refractivity contribution in [3.63, 3.8) is 0 Å². The summed E-state index contributed by atoms with van der Waals surface area (Å²) in [6.07, 6.45) is 2.59. The molecule has 96 valence electrons. The van der Waals surface area contributed by atoms with Crippen LogP contribution in [0.5, 0.6) is 0 Å². The summed E-state index contributed by atoms with van der Waals surface area (Å²) in [7, 11) is 3.47. The van der Waals surface area contributed by atoms with Crippen LogP contribution in [-0.2, 0) is 4.79 Å². The van der Waals surface area contributed by atoms with Gasteiger partial charge in [0.05, 0.1) is 0 Å². The van der Waals surface area contributed by atoms with Crippen molar-refractivity contribution in [3.8, 4) is 0 Å². The highest BCUT2D eigenvalue weighted by Crippen LogP contribution is 1.87. The Balaban J connectivity index is 0. The van der Waals surface area contributed by atoms with Crippen molar-refractivity contribution in [2.24, 2.45) is 10.7 Å². The average molecular weight is 342 g/mol. The van der Waals surface area contributed by atoms with Gasteiger partial charge in [0.15, 0.2) is 5.96 Å². The van der Waals surface area contributed by atoms with Gasteiger partial charge < -0.3 is 16.0 Å². The van der Waals surface area contributed by atoms with Crippen molar-refractivity contribution >= 4 is 35.8 Å². The lowest BCUT2D eigenvalue weighted by atomic mass is 10.3. The largest absolute Gasteiger partial charge is 0.370 e. The van der Waals surface area contributed by atoms with E-state index in [9.17, 15) is 4.79 Å². The molecular formula is C10H23IN4O. The van der Waals surface area contributed by atoms with Crippen LogP contribution in [0.25, 0.3) is 0 Å². The van der Waals surface area contributed by atoms with Crippen molar-refractivity contribution < 1.29 is 4.79 Å². The number of nitrogens with one attached hydrogen (secondary N) is 1. The van der Waals surface area contributed by atoms with Gasteiger partial charge >= 0.3 is 0 Å². The van der Waals surface area contributed by atoms with Gasteiger partial charge in [-0.05, 0) is 6.42 Å². The Bertz CT molecular complexity index is 219. The van der Waals surface area contributed by atoms with Gasteiger partial charge in [0, 0.05) is 33.6 Å². The van der Waals surface area contributed by atoms with Crippen molar-refractivity contribution in [1.82, 2.24) is 10.2 Å². The fourth-order valence-electron chi connectivity index (χ4n) is 0.935. The first-order valence-corrected chi connectivity index (χ1v) is 5.31. The molecule has 0 unspecified atom stereocenters. The predicted molar refractivity (Wildman–Crippen MR) is 78.1 cm³/mol. The van der Waals surface area contributed by atoms with Gasteiger partial charge in [-0.1, -0.05) is 13.3 Å². The molecule has 0 atom stereocenters. The van der Waals surface area contributed by atoms with Gasteiger partial charge in [-0.2, -0.15) is 0 Å². The molecular weight excluding hydrogens is 319 g/mol. The molecule has 6 heteroatoms. The first kappa shape index (κ1) is 17.9. The number of rotatable bonds is 6. The van der Waals surface area contributed by atoms with Crippen LogP contribution in [0.2, 0.25) is 0 Å². The second kappa shape index (κ2) is 11.0. The lowest BCUT2D eigenvalue weighted by molar-refractivity contribution is -0.128. The molecule has 0 fully saturated rings. The lowest BCUT2D eigenvalue weighted by Crippen LogP contribution is -2.35. The van der Waals surface area contributed by atoms with E-state index in [2.05, 4.69) is 17.2 Å². The van der Waals surface area contributed by atoms with E-state index in [1.54, 1.807) is 19.0 Å². The van der Waals surface area contributed by atoms with E-state index < -0.39 is 0 Å². The maximum absolute atomic E-state index is 11.2. The minimum Gasteiger partial charge on any atom is -0.370 e. The molecule has 0 heterocycles. The number of halogens is 1. The molecule has 0 aliphatic carbocycles. The highest BCUT2D eigenvalue weighted by atomic mass is 127. The van der Waals surface area contributed by atoms with E-state index in [0.717, 1.165) is 19.4 Å². The smallest absolute Gasteiger partial charge is 0.223 e. The number of hydrogen-bond donors (Lipinski definition) is 2. The summed E-state index contributed by atoms with van der Waals surface area (Å²) in [5, 5.41) is 2.91. The normalized spacial score (nSPS) is 10.6. The molecule has 16 heavy (non-hydrogen) atoms. The molecule has 5 nitrogen and oxygen atoms in total.